The molecule has 1 aromatic carbocycles. The van der Waals surface area contributed by atoms with Crippen molar-refractivity contribution >= 4 is 5.91 Å². The molecule has 112 valence electrons. The van der Waals surface area contributed by atoms with Crippen LogP contribution in [0.5, 0.6) is 0 Å². The summed E-state index contributed by atoms with van der Waals surface area (Å²) in [6, 6.07) is 3.94. The highest BCUT2D eigenvalue weighted by molar-refractivity contribution is 5.96. The molecule has 1 aromatic rings. The van der Waals surface area contributed by atoms with Crippen molar-refractivity contribution in [2.45, 2.75) is 19.4 Å². The number of nitrogens with zero attached hydrogens (tertiary/aromatic N) is 1. The molecule has 3 N–H and O–H groups in total. The van der Waals surface area contributed by atoms with E-state index in [9.17, 15) is 14.3 Å². The van der Waals surface area contributed by atoms with Gasteiger partial charge in [0.15, 0.2) is 0 Å². The van der Waals surface area contributed by atoms with Crippen LogP contribution in [0.25, 0.3) is 0 Å². The number of hydrogen-bond donors (Lipinski definition) is 2. The monoisotopic (exact) mass is 290 g/mol. The van der Waals surface area contributed by atoms with Crippen molar-refractivity contribution in [1.29, 1.82) is 0 Å². The zero-order valence-electron chi connectivity index (χ0n) is 12.0. The number of carbonyl (C=O) groups is 1. The molecule has 5 heteroatoms. The molecule has 2 unspecified atom stereocenters. The first-order chi connectivity index (χ1) is 10.0. The van der Waals surface area contributed by atoms with Gasteiger partial charge in [-0.05, 0) is 30.5 Å². The number of carbonyl (C=O) groups excluding carboxylic acids is 1. The van der Waals surface area contributed by atoms with Gasteiger partial charge in [0, 0.05) is 18.7 Å². The molecule has 0 radical (unpaired) electrons. The largest absolute Gasteiger partial charge is 0.391 e. The summed E-state index contributed by atoms with van der Waals surface area (Å²) in [5, 5.41) is 9.90. The number of hydrogen-bond acceptors (Lipinski definition) is 3. The van der Waals surface area contributed by atoms with E-state index >= 15 is 0 Å². The number of nitrogens with two attached hydrogens (primary N) is 1. The first-order valence-electron chi connectivity index (χ1n) is 6.98. The second-order valence-electron chi connectivity index (χ2n) is 5.28. The maximum Gasteiger partial charge on any atom is 0.255 e. The number of halogens is 1. The highest BCUT2D eigenvalue weighted by Crippen LogP contribution is 2.20. The zero-order valence-corrected chi connectivity index (χ0v) is 12.0. The number of piperidine rings is 1. The van der Waals surface area contributed by atoms with Gasteiger partial charge in [-0.1, -0.05) is 18.8 Å². The van der Waals surface area contributed by atoms with Crippen molar-refractivity contribution in [3.05, 3.63) is 35.1 Å². The Morgan fingerprint density at radius 3 is 3.00 bits per heavy atom. The van der Waals surface area contributed by atoms with E-state index in [1.165, 1.54) is 18.2 Å². The van der Waals surface area contributed by atoms with Crippen LogP contribution in [-0.2, 0) is 0 Å². The third-order valence-corrected chi connectivity index (χ3v) is 3.74. The first-order valence-corrected chi connectivity index (χ1v) is 6.98. The fourth-order valence-electron chi connectivity index (χ4n) is 2.35. The summed E-state index contributed by atoms with van der Waals surface area (Å²) >= 11 is 0. The maximum absolute atomic E-state index is 13.4. The van der Waals surface area contributed by atoms with Crippen molar-refractivity contribution in [2.24, 2.45) is 11.7 Å². The second kappa shape index (κ2) is 6.70. The van der Waals surface area contributed by atoms with Gasteiger partial charge in [-0.15, -0.1) is 0 Å². The van der Waals surface area contributed by atoms with E-state index in [0.717, 1.165) is 6.42 Å². The van der Waals surface area contributed by atoms with Crippen LogP contribution < -0.4 is 5.73 Å². The van der Waals surface area contributed by atoms with Crippen molar-refractivity contribution in [3.63, 3.8) is 0 Å². The molecule has 21 heavy (non-hydrogen) atoms. The molecular weight excluding hydrogens is 271 g/mol. The summed E-state index contributed by atoms with van der Waals surface area (Å²) in [4.78, 5) is 14.1. The van der Waals surface area contributed by atoms with Gasteiger partial charge in [0.05, 0.1) is 18.2 Å². The molecule has 1 aliphatic heterocycles. The molecular formula is C16H19FN2O2. The van der Waals surface area contributed by atoms with Gasteiger partial charge in [-0.3, -0.25) is 4.79 Å². The number of aliphatic hydroxyl groups is 1. The highest BCUT2D eigenvalue weighted by atomic mass is 19.1. The van der Waals surface area contributed by atoms with Crippen LogP contribution in [0, 0.1) is 23.6 Å². The molecule has 0 aliphatic carbocycles. The van der Waals surface area contributed by atoms with Crippen LogP contribution in [0.15, 0.2) is 18.2 Å². The van der Waals surface area contributed by atoms with E-state index in [4.69, 9.17) is 5.73 Å². The standard InChI is InChI=1S/C16H19FN2O2/c1-11-6-8-19(10-15(11)20)16(21)14-9-13(17)5-4-12(14)3-2-7-18/h4-5,9,11,15,20H,6-8,10,18H2,1H3. The van der Waals surface area contributed by atoms with E-state index in [1.807, 2.05) is 6.92 Å². The Bertz CT molecular complexity index is 592. The molecule has 2 atom stereocenters. The summed E-state index contributed by atoms with van der Waals surface area (Å²) in [7, 11) is 0. The molecule has 1 heterocycles. The molecule has 4 nitrogen and oxygen atoms in total. The van der Waals surface area contributed by atoms with Gasteiger partial charge in [0.25, 0.3) is 5.91 Å². The van der Waals surface area contributed by atoms with Crippen LogP contribution >= 0.6 is 0 Å². The molecule has 1 fully saturated rings. The fourth-order valence-corrected chi connectivity index (χ4v) is 2.35. The third-order valence-electron chi connectivity index (χ3n) is 3.74. The average molecular weight is 290 g/mol. The minimum absolute atomic E-state index is 0.165. The Labute approximate surface area is 123 Å². The summed E-state index contributed by atoms with van der Waals surface area (Å²) in [6.45, 7) is 2.94. The molecule has 0 aromatic heterocycles. The SMILES string of the molecule is CC1CCN(C(=O)c2cc(F)ccc2C#CCN)CC1O. The number of β-amino-alcohol motifs (C(OH)–C–C–N with tert-alkyl or cyclic N) is 1. The van der Waals surface area contributed by atoms with Gasteiger partial charge in [0.2, 0.25) is 0 Å². The number of aliphatic hydroxyl groups excluding tert-OH is 1. The van der Waals surface area contributed by atoms with Gasteiger partial charge >= 0.3 is 0 Å². The molecule has 0 bridgehead atoms. The lowest BCUT2D eigenvalue weighted by molar-refractivity contribution is 0.0248. The lowest BCUT2D eigenvalue weighted by atomic mass is 9.95. The summed E-state index contributed by atoms with van der Waals surface area (Å²) in [5.41, 5.74) is 6.01. The Kier molecular flexibility index (Phi) is 4.94. The number of amides is 1. The fraction of sp³-hybridized carbons (Fsp3) is 0.438. The molecule has 1 saturated heterocycles. The Balaban J connectivity index is 2.28. The quantitative estimate of drug-likeness (QED) is 0.758. The lowest BCUT2D eigenvalue weighted by Crippen LogP contribution is -2.46. The molecule has 0 saturated carbocycles. The van der Waals surface area contributed by atoms with Crippen molar-refractivity contribution in [3.8, 4) is 11.8 Å². The van der Waals surface area contributed by atoms with E-state index < -0.39 is 11.9 Å². The van der Waals surface area contributed by atoms with Gasteiger partial charge in [-0.25, -0.2) is 4.39 Å². The molecule has 1 aliphatic rings. The topological polar surface area (TPSA) is 66.6 Å². The Hall–Kier alpha value is -1.90. The van der Waals surface area contributed by atoms with Crippen molar-refractivity contribution in [1.82, 2.24) is 4.90 Å². The third kappa shape index (κ3) is 3.60. The molecule has 0 spiro atoms. The average Bonchev–Trinajstić information content (AvgIpc) is 2.48. The van der Waals surface area contributed by atoms with Crippen LogP contribution in [-0.4, -0.2) is 41.7 Å². The first kappa shape index (κ1) is 15.5. The highest BCUT2D eigenvalue weighted by Gasteiger charge is 2.28. The molecule has 2 rings (SSSR count). The Morgan fingerprint density at radius 2 is 2.33 bits per heavy atom. The van der Waals surface area contributed by atoms with E-state index in [2.05, 4.69) is 11.8 Å². The van der Waals surface area contributed by atoms with Crippen molar-refractivity contribution < 1.29 is 14.3 Å². The Morgan fingerprint density at radius 1 is 1.57 bits per heavy atom. The number of likely N-dealkylation sites (tertiary alicyclic amines) is 1. The van der Waals surface area contributed by atoms with E-state index in [-0.39, 0.29) is 30.5 Å². The smallest absolute Gasteiger partial charge is 0.255 e. The maximum atomic E-state index is 13.4. The predicted octanol–water partition coefficient (Wildman–Crippen LogP) is 0.979. The summed E-state index contributed by atoms with van der Waals surface area (Å²) in [6.07, 6.45) is 0.182. The predicted molar refractivity (Wildman–Crippen MR) is 78.0 cm³/mol. The summed E-state index contributed by atoms with van der Waals surface area (Å²) < 4.78 is 13.4. The summed E-state index contributed by atoms with van der Waals surface area (Å²) in [5.74, 6) is 4.84. The minimum Gasteiger partial charge on any atom is -0.391 e. The van der Waals surface area contributed by atoms with Crippen molar-refractivity contribution in [2.75, 3.05) is 19.6 Å². The van der Waals surface area contributed by atoms with Gasteiger partial charge in [0.1, 0.15) is 5.82 Å². The van der Waals surface area contributed by atoms with Crippen LogP contribution in [0.1, 0.15) is 29.3 Å². The van der Waals surface area contributed by atoms with Crippen LogP contribution in [0.2, 0.25) is 0 Å². The lowest BCUT2D eigenvalue weighted by Gasteiger charge is -2.34. The van der Waals surface area contributed by atoms with Gasteiger partial charge < -0.3 is 15.7 Å². The van der Waals surface area contributed by atoms with Gasteiger partial charge in [-0.2, -0.15) is 0 Å². The normalized spacial score (nSPS) is 21.6. The zero-order chi connectivity index (χ0) is 15.4. The van der Waals surface area contributed by atoms with Crippen LogP contribution in [0.4, 0.5) is 4.39 Å². The number of rotatable bonds is 1. The van der Waals surface area contributed by atoms with Crippen LogP contribution in [0.3, 0.4) is 0 Å². The molecule has 1 amide bonds. The number of benzene rings is 1. The second-order valence-corrected chi connectivity index (χ2v) is 5.28. The van der Waals surface area contributed by atoms with E-state index in [1.54, 1.807) is 4.90 Å². The van der Waals surface area contributed by atoms with E-state index in [0.29, 0.717) is 12.1 Å². The minimum atomic E-state index is -0.546.